The highest BCUT2D eigenvalue weighted by Crippen LogP contribution is 2.72. The second-order valence-corrected chi connectivity index (χ2v) is 26.1. The van der Waals surface area contributed by atoms with Gasteiger partial charge < -0.3 is 18.3 Å². The smallest absolute Gasteiger partial charge is 0.250 e. The molecule has 0 amide bonds. The van der Waals surface area contributed by atoms with Gasteiger partial charge >= 0.3 is 0 Å². The van der Waals surface area contributed by atoms with Crippen LogP contribution in [0.1, 0.15) is 70.0 Å². The molecule has 1 saturated carbocycles. The molecule has 4 bridgehead atoms. The Morgan fingerprint density at radius 1 is 0.911 bits per heavy atom. The van der Waals surface area contributed by atoms with Crippen molar-refractivity contribution in [1.82, 2.24) is 0 Å². The lowest BCUT2D eigenvalue weighted by atomic mass is 9.47. The van der Waals surface area contributed by atoms with Crippen molar-refractivity contribution in [3.05, 3.63) is 71.3 Å². The van der Waals surface area contributed by atoms with E-state index in [1.165, 1.54) is 0 Å². The summed E-state index contributed by atoms with van der Waals surface area (Å²) in [5, 5.41) is -0.132. The summed E-state index contributed by atoms with van der Waals surface area (Å²) in [4.78, 5) is 29.2. The summed E-state index contributed by atoms with van der Waals surface area (Å²) in [5.74, 6) is 0.120. The van der Waals surface area contributed by atoms with Crippen LogP contribution in [0.4, 0.5) is 0 Å². The Bertz CT molecular complexity index is 1570. The third kappa shape index (κ3) is 4.53. The SMILES string of the molecule is CC(=O)[C@@]12C=CC3[C@@H](COC34c3c(O[Si](C)(C)C(C)(C)C)ccc(O[Si](C)(C)C(C)(C)C)c3C(=O)[C@H]41)[C@@H]2OCc1ccccc1. The third-order valence-electron chi connectivity index (χ3n) is 12.1. The molecular formula is C37H50O6Si2. The van der Waals surface area contributed by atoms with Crippen LogP contribution < -0.4 is 8.85 Å². The first-order chi connectivity index (χ1) is 20.8. The fraction of sp³-hybridized carbons (Fsp3) is 0.568. The van der Waals surface area contributed by atoms with Crippen LogP contribution in [-0.4, -0.2) is 40.9 Å². The van der Waals surface area contributed by atoms with E-state index in [0.29, 0.717) is 30.3 Å². The maximum Gasteiger partial charge on any atom is 0.250 e. The van der Waals surface area contributed by atoms with Crippen molar-refractivity contribution >= 4 is 28.2 Å². The minimum atomic E-state index is -2.34. The van der Waals surface area contributed by atoms with Crippen LogP contribution >= 0.6 is 0 Å². The number of hydrogen-bond acceptors (Lipinski definition) is 6. The predicted molar refractivity (Wildman–Crippen MR) is 182 cm³/mol. The van der Waals surface area contributed by atoms with Crippen molar-refractivity contribution in [2.45, 2.75) is 103 Å². The van der Waals surface area contributed by atoms with Gasteiger partial charge in [-0.05, 0) is 60.9 Å². The van der Waals surface area contributed by atoms with Crippen LogP contribution in [0, 0.1) is 23.2 Å². The maximum atomic E-state index is 15.2. The monoisotopic (exact) mass is 646 g/mol. The van der Waals surface area contributed by atoms with Gasteiger partial charge in [0, 0.05) is 17.4 Å². The molecule has 1 heterocycles. The third-order valence-corrected chi connectivity index (χ3v) is 20.8. The molecular weight excluding hydrogens is 597 g/mol. The zero-order chi connectivity index (χ0) is 33.0. The highest BCUT2D eigenvalue weighted by atomic mass is 28.4. The van der Waals surface area contributed by atoms with Crippen LogP contribution in [0.2, 0.25) is 36.3 Å². The van der Waals surface area contributed by atoms with Gasteiger partial charge in [0.25, 0.3) is 8.32 Å². The molecule has 2 aromatic rings. The van der Waals surface area contributed by atoms with Gasteiger partial charge in [0.2, 0.25) is 8.32 Å². The van der Waals surface area contributed by atoms with E-state index in [-0.39, 0.29) is 33.5 Å². The quantitative estimate of drug-likeness (QED) is 0.212. The van der Waals surface area contributed by atoms with Crippen molar-refractivity contribution in [2.75, 3.05) is 6.61 Å². The Morgan fingerprint density at radius 2 is 1.49 bits per heavy atom. The fourth-order valence-electron chi connectivity index (χ4n) is 7.62. The van der Waals surface area contributed by atoms with Gasteiger partial charge in [0.15, 0.2) is 5.78 Å². The summed E-state index contributed by atoms with van der Waals surface area (Å²) < 4.78 is 27.7. The van der Waals surface area contributed by atoms with Crippen LogP contribution in [0.5, 0.6) is 11.5 Å². The second kappa shape index (κ2) is 10.2. The summed E-state index contributed by atoms with van der Waals surface area (Å²) in [5.41, 5.74) is 0.160. The van der Waals surface area contributed by atoms with Crippen molar-refractivity contribution < 1.29 is 27.9 Å². The molecule has 8 heteroatoms. The lowest BCUT2D eigenvalue weighted by molar-refractivity contribution is -0.172. The van der Waals surface area contributed by atoms with Crippen LogP contribution in [-0.2, 0) is 26.5 Å². The van der Waals surface area contributed by atoms with E-state index in [1.807, 2.05) is 48.5 Å². The molecule has 7 rings (SSSR count). The van der Waals surface area contributed by atoms with E-state index in [9.17, 15) is 4.79 Å². The number of rotatable bonds is 8. The van der Waals surface area contributed by atoms with Gasteiger partial charge in [0.05, 0.1) is 36.2 Å². The van der Waals surface area contributed by atoms with Crippen LogP contribution in [0.25, 0.3) is 0 Å². The molecule has 6 nitrogen and oxygen atoms in total. The van der Waals surface area contributed by atoms with Gasteiger partial charge in [0.1, 0.15) is 22.9 Å². The minimum Gasteiger partial charge on any atom is -0.543 e. The van der Waals surface area contributed by atoms with Gasteiger partial charge in [-0.2, -0.15) is 0 Å². The van der Waals surface area contributed by atoms with E-state index < -0.39 is 39.7 Å². The number of carbonyl (C=O) groups is 2. The lowest BCUT2D eigenvalue weighted by Gasteiger charge is -2.56. The number of Topliss-reactive ketones (excluding diaryl/α,β-unsaturated/α-hetero) is 2. The highest BCUT2D eigenvalue weighted by molar-refractivity contribution is 6.75. The number of ketones is 2. The van der Waals surface area contributed by atoms with Gasteiger partial charge in [-0.15, -0.1) is 0 Å². The summed E-state index contributed by atoms with van der Waals surface area (Å²) in [6.07, 6.45) is 3.63. The van der Waals surface area contributed by atoms with Crippen molar-refractivity contribution in [2.24, 2.45) is 23.2 Å². The Labute approximate surface area is 271 Å². The number of benzene rings is 2. The molecule has 0 radical (unpaired) electrons. The molecule has 4 aliphatic carbocycles. The molecule has 0 N–H and O–H groups in total. The predicted octanol–water partition coefficient (Wildman–Crippen LogP) is 8.47. The van der Waals surface area contributed by atoms with E-state index >= 15 is 4.79 Å². The summed E-state index contributed by atoms with van der Waals surface area (Å²) in [7, 11) is -4.67. The summed E-state index contributed by atoms with van der Waals surface area (Å²) >= 11 is 0. The van der Waals surface area contributed by atoms with E-state index in [0.717, 1.165) is 11.1 Å². The molecule has 1 saturated heterocycles. The largest absolute Gasteiger partial charge is 0.543 e. The molecule has 6 atom stereocenters. The Balaban J connectivity index is 1.55. The number of hydrogen-bond donors (Lipinski definition) is 0. The first-order valence-corrected chi connectivity index (χ1v) is 22.2. The van der Waals surface area contributed by atoms with Crippen LogP contribution in [0.3, 0.4) is 0 Å². The van der Waals surface area contributed by atoms with Crippen molar-refractivity contribution in [3.63, 3.8) is 0 Å². The van der Waals surface area contributed by atoms with Crippen molar-refractivity contribution in [1.29, 1.82) is 0 Å². The number of carbonyl (C=O) groups excluding carboxylic acids is 2. The zero-order valence-corrected chi connectivity index (χ0v) is 30.9. The van der Waals surface area contributed by atoms with Crippen molar-refractivity contribution in [3.8, 4) is 11.5 Å². The first-order valence-electron chi connectivity index (χ1n) is 16.4. The maximum absolute atomic E-state index is 15.2. The zero-order valence-electron chi connectivity index (χ0n) is 28.9. The van der Waals surface area contributed by atoms with Gasteiger partial charge in [-0.1, -0.05) is 84.0 Å². The highest BCUT2D eigenvalue weighted by Gasteiger charge is 2.79. The van der Waals surface area contributed by atoms with E-state index in [4.69, 9.17) is 18.3 Å². The number of ether oxygens (including phenoxy) is 2. The average molecular weight is 647 g/mol. The van der Waals surface area contributed by atoms with Gasteiger partial charge in [-0.3, -0.25) is 9.59 Å². The molecule has 45 heavy (non-hydrogen) atoms. The molecule has 242 valence electrons. The summed E-state index contributed by atoms with van der Waals surface area (Å²) in [6.45, 7) is 24.4. The Morgan fingerprint density at radius 3 is 2.07 bits per heavy atom. The first kappa shape index (κ1) is 32.4. The molecule has 2 aromatic carbocycles. The van der Waals surface area contributed by atoms with Crippen LogP contribution in [0.15, 0.2) is 54.6 Å². The standard InChI is InChI=1S/C37H50O6Si2/c1-23(38)36-20-19-26-25(33(36)40-21-24-15-13-12-14-16-24)22-41-37(26)30-28(43-45(10,11)35(5,6)7)18-17-27(29(30)31(39)32(36)37)42-44(8,9)34(2,3)4/h12-20,25-26,32-33H,21-22H2,1-11H3/t25-,26?,32+,33+,36+,37?/m1/s1. The molecule has 2 fully saturated rings. The average Bonchev–Trinajstić information content (AvgIpc) is 3.42. The Hall–Kier alpha value is -2.53. The molecule has 1 aliphatic heterocycles. The normalized spacial score (nSPS) is 30.3. The second-order valence-electron chi connectivity index (χ2n) is 16.7. The molecule has 5 aliphatic rings. The lowest BCUT2D eigenvalue weighted by Crippen LogP contribution is -2.65. The molecule has 2 unspecified atom stereocenters. The molecule has 1 spiro atoms. The summed E-state index contributed by atoms with van der Waals surface area (Å²) in [6, 6.07) is 13.9. The topological polar surface area (TPSA) is 71.1 Å². The van der Waals surface area contributed by atoms with E-state index in [1.54, 1.807) is 6.92 Å². The van der Waals surface area contributed by atoms with E-state index in [2.05, 4.69) is 73.8 Å². The Kier molecular flexibility index (Phi) is 7.37. The van der Waals surface area contributed by atoms with Gasteiger partial charge in [-0.25, -0.2) is 0 Å². The molecule has 0 aromatic heterocycles. The number of fused-ring (bicyclic) bond motifs is 1. The fourth-order valence-corrected chi connectivity index (χ4v) is 9.67. The minimum absolute atomic E-state index is 0.0581.